The van der Waals surface area contributed by atoms with E-state index in [0.29, 0.717) is 6.42 Å². The van der Waals surface area contributed by atoms with Crippen LogP contribution in [0.4, 0.5) is 0 Å². The molecule has 1 rings (SSSR count). The van der Waals surface area contributed by atoms with Crippen LogP contribution >= 0.6 is 0 Å². The van der Waals surface area contributed by atoms with Gasteiger partial charge in [-0.15, -0.1) is 6.58 Å². The third-order valence-electron chi connectivity index (χ3n) is 4.09. The highest BCUT2D eigenvalue weighted by Crippen LogP contribution is 2.38. The summed E-state index contributed by atoms with van der Waals surface area (Å²) in [5, 5.41) is 9.88. The molecule has 1 unspecified atom stereocenters. The molecule has 122 valence electrons. The van der Waals surface area contributed by atoms with Crippen molar-refractivity contribution in [1.82, 2.24) is 0 Å². The van der Waals surface area contributed by atoms with E-state index in [1.54, 1.807) is 13.0 Å². The fourth-order valence-corrected chi connectivity index (χ4v) is 2.79. The van der Waals surface area contributed by atoms with Crippen LogP contribution in [0.2, 0.25) is 0 Å². The standard InChI is InChI=1S/C18H32O3/c1-8-18(7,19)13-9-10-14(2)11-12-15-16(3,4)21-17(5,6)20-15/h8,10,15,19H,1,9,11-13H2,2-7H3/t15?,18-/m0/s1. The van der Waals surface area contributed by atoms with Gasteiger partial charge >= 0.3 is 0 Å². The van der Waals surface area contributed by atoms with Crippen LogP contribution in [-0.4, -0.2) is 28.2 Å². The maximum Gasteiger partial charge on any atom is 0.164 e. The van der Waals surface area contributed by atoms with E-state index in [9.17, 15) is 5.11 Å². The summed E-state index contributed by atoms with van der Waals surface area (Å²) in [5.74, 6) is -0.492. The smallest absolute Gasteiger partial charge is 0.164 e. The molecule has 2 atom stereocenters. The van der Waals surface area contributed by atoms with E-state index in [-0.39, 0.29) is 11.7 Å². The number of hydrogen-bond donors (Lipinski definition) is 1. The van der Waals surface area contributed by atoms with E-state index in [1.165, 1.54) is 5.57 Å². The second kappa shape index (κ2) is 6.64. The lowest BCUT2D eigenvalue weighted by atomic mass is 9.95. The van der Waals surface area contributed by atoms with Gasteiger partial charge in [-0.25, -0.2) is 0 Å². The SMILES string of the molecule is C=C[C@](C)(O)CCC=C(C)CCC1OC(C)(C)OC1(C)C. The molecule has 1 fully saturated rings. The fourth-order valence-electron chi connectivity index (χ4n) is 2.79. The third kappa shape index (κ3) is 5.93. The van der Waals surface area contributed by atoms with Crippen LogP contribution in [0, 0.1) is 0 Å². The van der Waals surface area contributed by atoms with E-state index in [2.05, 4.69) is 33.4 Å². The van der Waals surface area contributed by atoms with Gasteiger partial charge in [-0.1, -0.05) is 17.7 Å². The monoisotopic (exact) mass is 296 g/mol. The van der Waals surface area contributed by atoms with Gasteiger partial charge in [-0.3, -0.25) is 0 Å². The predicted molar refractivity (Wildman–Crippen MR) is 87.2 cm³/mol. The van der Waals surface area contributed by atoms with Crippen molar-refractivity contribution in [2.45, 2.75) is 90.3 Å². The zero-order valence-corrected chi connectivity index (χ0v) is 14.5. The van der Waals surface area contributed by atoms with Crippen molar-refractivity contribution in [3.8, 4) is 0 Å². The van der Waals surface area contributed by atoms with E-state index in [0.717, 1.165) is 19.3 Å². The molecule has 0 saturated carbocycles. The number of allylic oxidation sites excluding steroid dienone is 2. The van der Waals surface area contributed by atoms with Crippen molar-refractivity contribution in [3.05, 3.63) is 24.3 Å². The average molecular weight is 296 g/mol. The van der Waals surface area contributed by atoms with Crippen LogP contribution in [-0.2, 0) is 9.47 Å². The molecule has 1 aliphatic rings. The molecule has 0 aromatic heterocycles. The van der Waals surface area contributed by atoms with Crippen molar-refractivity contribution in [2.24, 2.45) is 0 Å². The maximum atomic E-state index is 9.88. The van der Waals surface area contributed by atoms with Crippen LogP contribution in [0.15, 0.2) is 24.3 Å². The Hall–Kier alpha value is -0.640. The van der Waals surface area contributed by atoms with Gasteiger partial charge in [-0.2, -0.15) is 0 Å². The Morgan fingerprint density at radius 2 is 1.95 bits per heavy atom. The topological polar surface area (TPSA) is 38.7 Å². The zero-order chi connectivity index (χ0) is 16.3. The molecule has 0 aliphatic carbocycles. The molecule has 0 radical (unpaired) electrons. The summed E-state index contributed by atoms with van der Waals surface area (Å²) >= 11 is 0. The quantitative estimate of drug-likeness (QED) is 0.709. The minimum absolute atomic E-state index is 0.118. The summed E-state index contributed by atoms with van der Waals surface area (Å²) in [4.78, 5) is 0. The van der Waals surface area contributed by atoms with Gasteiger partial charge in [0.15, 0.2) is 5.79 Å². The first kappa shape index (κ1) is 18.4. The van der Waals surface area contributed by atoms with Crippen molar-refractivity contribution in [3.63, 3.8) is 0 Å². The minimum Gasteiger partial charge on any atom is -0.386 e. The molecule has 0 amide bonds. The maximum absolute atomic E-state index is 9.88. The van der Waals surface area contributed by atoms with Gasteiger partial charge in [-0.05, 0) is 67.2 Å². The van der Waals surface area contributed by atoms with E-state index in [1.807, 2.05) is 13.8 Å². The Balaban J connectivity index is 2.43. The van der Waals surface area contributed by atoms with Gasteiger partial charge in [0, 0.05) is 0 Å². The van der Waals surface area contributed by atoms with Crippen molar-refractivity contribution in [2.75, 3.05) is 0 Å². The molecule has 0 aromatic carbocycles. The second-order valence-corrected chi connectivity index (χ2v) is 7.40. The van der Waals surface area contributed by atoms with E-state index < -0.39 is 11.4 Å². The van der Waals surface area contributed by atoms with Crippen LogP contribution in [0.5, 0.6) is 0 Å². The molecule has 0 aromatic rings. The first-order valence-electron chi connectivity index (χ1n) is 7.87. The van der Waals surface area contributed by atoms with E-state index >= 15 is 0 Å². The lowest BCUT2D eigenvalue weighted by Gasteiger charge is -2.24. The van der Waals surface area contributed by atoms with Gasteiger partial charge in [0.1, 0.15) is 0 Å². The summed E-state index contributed by atoms with van der Waals surface area (Å²) in [6.07, 6.45) is 7.43. The Morgan fingerprint density at radius 3 is 2.43 bits per heavy atom. The largest absolute Gasteiger partial charge is 0.386 e. The first-order chi connectivity index (χ1) is 9.47. The third-order valence-corrected chi connectivity index (χ3v) is 4.09. The molecular weight excluding hydrogens is 264 g/mol. The highest BCUT2D eigenvalue weighted by Gasteiger charge is 2.46. The first-order valence-corrected chi connectivity index (χ1v) is 7.87. The molecule has 3 heteroatoms. The van der Waals surface area contributed by atoms with Gasteiger partial charge in [0.2, 0.25) is 0 Å². The molecule has 1 heterocycles. The Morgan fingerprint density at radius 1 is 1.33 bits per heavy atom. The molecule has 0 bridgehead atoms. The molecular formula is C18H32O3. The number of aliphatic hydroxyl groups is 1. The Kier molecular flexibility index (Phi) is 5.82. The van der Waals surface area contributed by atoms with Gasteiger partial charge < -0.3 is 14.6 Å². The molecule has 1 saturated heterocycles. The molecule has 3 nitrogen and oxygen atoms in total. The number of ether oxygens (including phenoxy) is 2. The summed E-state index contributed by atoms with van der Waals surface area (Å²) in [5.41, 5.74) is 0.320. The lowest BCUT2D eigenvalue weighted by molar-refractivity contribution is -0.157. The summed E-state index contributed by atoms with van der Waals surface area (Å²) < 4.78 is 11.9. The minimum atomic E-state index is -0.773. The molecule has 1 N–H and O–H groups in total. The van der Waals surface area contributed by atoms with Gasteiger partial charge in [0.25, 0.3) is 0 Å². The van der Waals surface area contributed by atoms with Crippen LogP contribution < -0.4 is 0 Å². The van der Waals surface area contributed by atoms with Crippen molar-refractivity contribution < 1.29 is 14.6 Å². The summed E-state index contributed by atoms with van der Waals surface area (Å²) in [6.45, 7) is 15.7. The Labute approximate surface area is 130 Å². The second-order valence-electron chi connectivity index (χ2n) is 7.40. The van der Waals surface area contributed by atoms with Crippen molar-refractivity contribution >= 4 is 0 Å². The van der Waals surface area contributed by atoms with Crippen LogP contribution in [0.1, 0.15) is 67.2 Å². The molecule has 1 aliphatic heterocycles. The molecule has 0 spiro atoms. The fraction of sp³-hybridized carbons (Fsp3) is 0.778. The van der Waals surface area contributed by atoms with Gasteiger partial charge in [0.05, 0.1) is 17.3 Å². The zero-order valence-electron chi connectivity index (χ0n) is 14.5. The summed E-state index contributed by atoms with van der Waals surface area (Å²) in [6, 6.07) is 0. The van der Waals surface area contributed by atoms with Crippen LogP contribution in [0.25, 0.3) is 0 Å². The number of rotatable bonds is 7. The van der Waals surface area contributed by atoms with E-state index in [4.69, 9.17) is 9.47 Å². The Bertz CT molecular complexity index is 391. The normalized spacial score (nSPS) is 27.4. The van der Waals surface area contributed by atoms with Crippen molar-refractivity contribution in [1.29, 1.82) is 0 Å². The molecule has 21 heavy (non-hydrogen) atoms. The lowest BCUT2D eigenvalue weighted by Crippen LogP contribution is -2.33. The van der Waals surface area contributed by atoms with Crippen LogP contribution in [0.3, 0.4) is 0 Å². The average Bonchev–Trinajstić information content (AvgIpc) is 2.54. The highest BCUT2D eigenvalue weighted by molar-refractivity contribution is 5.02. The predicted octanol–water partition coefficient (Wildman–Crippen LogP) is 4.36. The number of hydrogen-bond acceptors (Lipinski definition) is 3. The highest BCUT2D eigenvalue weighted by atomic mass is 16.8. The summed E-state index contributed by atoms with van der Waals surface area (Å²) in [7, 11) is 0.